The molecular weight excluding hydrogens is 561 g/mol. The van der Waals surface area contributed by atoms with Crippen molar-refractivity contribution >= 4 is 27.4 Å². The van der Waals surface area contributed by atoms with Crippen LogP contribution < -0.4 is 0 Å². The summed E-state index contributed by atoms with van der Waals surface area (Å²) in [7, 11) is -1.15. The van der Waals surface area contributed by atoms with Crippen LogP contribution in [0.1, 0.15) is 48.8 Å². The molecule has 0 unspecified atom stereocenters. The van der Waals surface area contributed by atoms with Gasteiger partial charge in [0.05, 0.1) is 18.5 Å². The number of sulfone groups is 1. The second-order valence-electron chi connectivity index (χ2n) is 10.2. The second kappa shape index (κ2) is 13.0. The number of carbonyl (C=O) groups is 1. The number of carboxylic acids is 1. The maximum Gasteiger partial charge on any atom is 0.490 e. The number of halogens is 4. The van der Waals surface area contributed by atoms with E-state index >= 15 is 0 Å². The molecule has 1 saturated carbocycles. The maximum atomic E-state index is 11.9. The number of hydrogen-bond acceptors (Lipinski definition) is 7. The van der Waals surface area contributed by atoms with Crippen LogP contribution in [-0.2, 0) is 32.8 Å². The molecule has 2 atom stereocenters. The number of aryl methyl sites for hydroxylation is 2. The molecule has 1 aliphatic carbocycles. The first-order valence-corrected chi connectivity index (χ1v) is 15.0. The van der Waals surface area contributed by atoms with Crippen LogP contribution in [-0.4, -0.2) is 88.7 Å². The third kappa shape index (κ3) is 9.44. The summed E-state index contributed by atoms with van der Waals surface area (Å²) in [6, 6.07) is 8.61. The molecule has 2 aromatic rings. The summed E-state index contributed by atoms with van der Waals surface area (Å²) in [5.74, 6) is -0.384. The maximum absolute atomic E-state index is 11.9. The van der Waals surface area contributed by atoms with Gasteiger partial charge in [0, 0.05) is 42.9 Å². The van der Waals surface area contributed by atoms with Gasteiger partial charge in [0.1, 0.15) is 15.7 Å². The first-order valence-electron chi connectivity index (χ1n) is 12.6. The van der Waals surface area contributed by atoms with Crippen molar-refractivity contribution < 1.29 is 36.2 Å². The number of nitrogens with zero attached hydrogens (tertiary/aromatic N) is 4. The Morgan fingerprint density at radius 1 is 1.18 bits per heavy atom. The number of alkyl halides is 3. The normalized spacial score (nSPS) is 24.6. The van der Waals surface area contributed by atoms with Gasteiger partial charge >= 0.3 is 12.1 Å². The Hall–Kier alpha value is -2.22. The molecule has 39 heavy (non-hydrogen) atoms. The first kappa shape index (κ1) is 31.3. The molecule has 0 radical (unpaired) electrons. The lowest BCUT2D eigenvalue weighted by atomic mass is 9.83. The molecule has 1 aromatic heterocycles. The first-order chi connectivity index (χ1) is 18.1. The molecule has 0 spiro atoms. The zero-order valence-electron chi connectivity index (χ0n) is 22.1. The molecule has 2 fully saturated rings. The third-order valence-corrected chi connectivity index (χ3v) is 8.28. The minimum Gasteiger partial charge on any atom is -0.475 e. The fourth-order valence-electron chi connectivity index (χ4n) is 5.06. The molecule has 2 aliphatic rings. The Morgan fingerprint density at radius 3 is 2.26 bits per heavy atom. The molecule has 9 nitrogen and oxygen atoms in total. The zero-order valence-corrected chi connectivity index (χ0v) is 23.6. The van der Waals surface area contributed by atoms with Crippen molar-refractivity contribution in [3.8, 4) is 0 Å². The predicted octanol–water partition coefficient (Wildman–Crippen LogP) is 3.79. The van der Waals surface area contributed by atoms with Gasteiger partial charge in [-0.05, 0) is 56.7 Å². The molecule has 1 aromatic carbocycles. The highest BCUT2D eigenvalue weighted by atomic mass is 35.5. The van der Waals surface area contributed by atoms with Gasteiger partial charge in [0.15, 0.2) is 5.82 Å². The highest BCUT2D eigenvalue weighted by Gasteiger charge is 2.39. The van der Waals surface area contributed by atoms with Crippen LogP contribution in [0.5, 0.6) is 0 Å². The van der Waals surface area contributed by atoms with Crippen LogP contribution in [0.25, 0.3) is 0 Å². The minimum atomic E-state index is -5.08. The lowest BCUT2D eigenvalue weighted by Crippen LogP contribution is -2.56. The van der Waals surface area contributed by atoms with Gasteiger partial charge in [-0.25, -0.2) is 18.2 Å². The monoisotopic (exact) mass is 594 g/mol. The number of benzene rings is 1. The fraction of sp³-hybridized carbons (Fsp3) is 0.640. The van der Waals surface area contributed by atoms with Gasteiger partial charge in [-0.2, -0.15) is 18.3 Å². The smallest absolute Gasteiger partial charge is 0.475 e. The van der Waals surface area contributed by atoms with E-state index in [1.807, 2.05) is 30.8 Å². The van der Waals surface area contributed by atoms with E-state index in [1.165, 1.54) is 11.8 Å². The summed E-state index contributed by atoms with van der Waals surface area (Å²) in [5, 5.41) is 12.5. The highest BCUT2D eigenvalue weighted by molar-refractivity contribution is 7.90. The number of ether oxygens (including phenoxy) is 1. The number of aromatic nitrogens is 3. The third-order valence-electron chi connectivity index (χ3n) is 7.05. The quantitative estimate of drug-likeness (QED) is 0.537. The molecule has 2 heterocycles. The van der Waals surface area contributed by atoms with Gasteiger partial charge in [0.2, 0.25) is 0 Å². The van der Waals surface area contributed by atoms with E-state index in [2.05, 4.69) is 27.1 Å². The van der Waals surface area contributed by atoms with E-state index in [-0.39, 0.29) is 17.9 Å². The van der Waals surface area contributed by atoms with Crippen LogP contribution in [0, 0.1) is 6.92 Å². The molecule has 1 N–H and O–H groups in total. The van der Waals surface area contributed by atoms with Gasteiger partial charge in [-0.3, -0.25) is 9.58 Å². The van der Waals surface area contributed by atoms with Gasteiger partial charge < -0.3 is 9.84 Å². The van der Waals surface area contributed by atoms with Crippen molar-refractivity contribution in [1.82, 2.24) is 19.7 Å². The highest BCUT2D eigenvalue weighted by Crippen LogP contribution is 2.35. The molecule has 1 aliphatic heterocycles. The Kier molecular flexibility index (Phi) is 10.4. The summed E-state index contributed by atoms with van der Waals surface area (Å²) in [4.78, 5) is 16.1. The summed E-state index contributed by atoms with van der Waals surface area (Å²) in [5.41, 5.74) is 1.22. The van der Waals surface area contributed by atoms with Gasteiger partial charge in [0.25, 0.3) is 0 Å². The summed E-state index contributed by atoms with van der Waals surface area (Å²) in [6.07, 6.45) is 1.02. The molecule has 1 saturated heterocycles. The summed E-state index contributed by atoms with van der Waals surface area (Å²) < 4.78 is 63.4. The number of aliphatic carboxylic acids is 1. The average Bonchev–Trinajstić information content (AvgIpc) is 3.18. The van der Waals surface area contributed by atoms with E-state index in [1.54, 1.807) is 0 Å². The molecule has 218 valence electrons. The molecule has 14 heteroatoms. The number of carboxylic acid groups (broad SMARTS) is 1. The lowest BCUT2D eigenvalue weighted by Gasteiger charge is -2.46. The van der Waals surface area contributed by atoms with Crippen LogP contribution >= 0.6 is 11.6 Å². The Balaban J connectivity index is 0.000000532. The van der Waals surface area contributed by atoms with Crippen molar-refractivity contribution in [1.29, 1.82) is 0 Å². The van der Waals surface area contributed by atoms with Crippen LogP contribution in [0.2, 0.25) is 5.02 Å². The van der Waals surface area contributed by atoms with Crippen molar-refractivity contribution in [2.24, 2.45) is 7.05 Å². The standard InChI is InChI=1S/C23H33ClN4O3S.C2HF3O2/c1-16-25-23(26-27(16)2)18-6-10-20(11-7-18)28-13-22(15-32(3,29)30)31-14-21(28)12-17-4-8-19(24)9-5-17;3-2(4,5)1(6)7/h4-5,8-9,18,20-22H,6-7,10-15H2,1-3H3;(H,6,7)/t18?,20?,21-,22+;/m0./s1. The molecule has 4 rings (SSSR count). The van der Waals surface area contributed by atoms with E-state index in [0.29, 0.717) is 25.1 Å². The van der Waals surface area contributed by atoms with Crippen LogP contribution in [0.3, 0.4) is 0 Å². The average molecular weight is 595 g/mol. The number of hydrogen-bond donors (Lipinski definition) is 1. The Bertz CT molecular complexity index is 1200. The molecular formula is C25H34ClF3N4O5S. The van der Waals surface area contributed by atoms with Crippen LogP contribution in [0.15, 0.2) is 24.3 Å². The van der Waals surface area contributed by atoms with E-state index in [4.69, 9.17) is 26.2 Å². The van der Waals surface area contributed by atoms with Gasteiger partial charge in [-0.15, -0.1) is 0 Å². The van der Waals surface area contributed by atoms with E-state index in [9.17, 15) is 21.6 Å². The molecule has 0 bridgehead atoms. The van der Waals surface area contributed by atoms with E-state index in [0.717, 1.165) is 48.8 Å². The van der Waals surface area contributed by atoms with Crippen molar-refractivity contribution in [3.63, 3.8) is 0 Å². The van der Waals surface area contributed by atoms with Gasteiger partial charge in [-0.1, -0.05) is 23.7 Å². The number of rotatable bonds is 6. The zero-order chi connectivity index (χ0) is 29.0. The number of morpholine rings is 1. The van der Waals surface area contributed by atoms with Crippen molar-refractivity contribution in [2.45, 2.75) is 69.3 Å². The predicted molar refractivity (Wildman–Crippen MR) is 140 cm³/mol. The fourth-order valence-corrected chi connectivity index (χ4v) is 6.06. The largest absolute Gasteiger partial charge is 0.490 e. The van der Waals surface area contributed by atoms with Crippen LogP contribution in [0.4, 0.5) is 13.2 Å². The minimum absolute atomic E-state index is 0.0731. The summed E-state index contributed by atoms with van der Waals surface area (Å²) in [6.45, 7) is 3.19. The van der Waals surface area contributed by atoms with E-state index < -0.39 is 22.0 Å². The Labute approximate surface area is 231 Å². The van der Waals surface area contributed by atoms with Crippen molar-refractivity contribution in [3.05, 3.63) is 46.5 Å². The summed E-state index contributed by atoms with van der Waals surface area (Å²) >= 11 is 6.06. The molecule has 0 amide bonds. The second-order valence-corrected chi connectivity index (χ2v) is 12.8. The SMILES string of the molecule is Cc1nc(C2CCC(N3C[C@H](CS(C)(=O)=O)OC[C@@H]3Cc3ccc(Cl)cc3)CC2)nn1C.O=C(O)C(F)(F)F. The Morgan fingerprint density at radius 2 is 1.77 bits per heavy atom. The van der Waals surface area contributed by atoms with Crippen molar-refractivity contribution in [2.75, 3.05) is 25.2 Å². The lowest BCUT2D eigenvalue weighted by molar-refractivity contribution is -0.192. The topological polar surface area (TPSA) is 115 Å².